The van der Waals surface area contributed by atoms with E-state index in [0.717, 1.165) is 16.9 Å². The van der Waals surface area contributed by atoms with Crippen LogP contribution in [-0.4, -0.2) is 38.9 Å². The first-order valence-electron chi connectivity index (χ1n) is 6.62. The lowest BCUT2D eigenvalue weighted by atomic mass is 10.1. The second-order valence-electron chi connectivity index (χ2n) is 5.23. The zero-order chi connectivity index (χ0) is 14.3. The molecule has 2 aliphatic rings. The van der Waals surface area contributed by atoms with Gasteiger partial charge in [-0.05, 0) is 18.6 Å². The maximum Gasteiger partial charge on any atom is 0.245 e. The minimum atomic E-state index is -2.92. The van der Waals surface area contributed by atoms with Gasteiger partial charge in [-0.15, -0.1) is 0 Å². The number of nitrogens with zero attached hydrogens (tertiary/aromatic N) is 1. The van der Waals surface area contributed by atoms with Crippen molar-refractivity contribution in [2.45, 2.75) is 12.5 Å². The fraction of sp³-hybridized carbons (Fsp3) is 0.462. The van der Waals surface area contributed by atoms with E-state index in [0.29, 0.717) is 19.5 Å². The van der Waals surface area contributed by atoms with Crippen LogP contribution in [-0.2, 0) is 14.6 Å². The first-order valence-corrected chi connectivity index (χ1v) is 8.44. The van der Waals surface area contributed by atoms with Gasteiger partial charge in [0.25, 0.3) is 0 Å². The summed E-state index contributed by atoms with van der Waals surface area (Å²) in [5.74, 6) is 0.224. The summed E-state index contributed by atoms with van der Waals surface area (Å²) in [6, 6.07) is 5.00. The molecular weight excluding hydrogens is 278 g/mol. The second-order valence-corrected chi connectivity index (χ2v) is 7.53. The standard InChI is InChI=1S/C13H17N3O3S/c14-12-10-3-2-9(8-11(10)15-13(12)17)16-4-1-6-20(18,19)7-5-16/h2-3,8,12H,1,4-7,14H2,(H,15,17). The minimum absolute atomic E-state index is 0.177. The van der Waals surface area contributed by atoms with Gasteiger partial charge in [0, 0.05) is 30.0 Å². The molecule has 1 saturated heterocycles. The molecule has 1 fully saturated rings. The number of carbonyl (C=O) groups excluding carboxylic acids is 1. The monoisotopic (exact) mass is 295 g/mol. The van der Waals surface area contributed by atoms with Crippen molar-refractivity contribution >= 4 is 27.1 Å². The Kier molecular flexibility index (Phi) is 3.18. The molecule has 7 heteroatoms. The third-order valence-electron chi connectivity index (χ3n) is 3.83. The quantitative estimate of drug-likeness (QED) is 0.775. The van der Waals surface area contributed by atoms with Crippen LogP contribution in [0, 0.1) is 0 Å². The van der Waals surface area contributed by atoms with Gasteiger partial charge in [0.05, 0.1) is 11.5 Å². The number of fused-ring (bicyclic) bond motifs is 1. The van der Waals surface area contributed by atoms with Crippen molar-refractivity contribution in [3.63, 3.8) is 0 Å². The van der Waals surface area contributed by atoms with Crippen LogP contribution in [0.1, 0.15) is 18.0 Å². The molecule has 2 aliphatic heterocycles. The van der Waals surface area contributed by atoms with Gasteiger partial charge in [-0.1, -0.05) is 6.07 Å². The Morgan fingerprint density at radius 3 is 2.85 bits per heavy atom. The molecule has 0 aliphatic carbocycles. The Bertz CT molecular complexity index is 657. The molecule has 3 rings (SSSR count). The van der Waals surface area contributed by atoms with E-state index in [9.17, 15) is 13.2 Å². The molecule has 0 aromatic heterocycles. The topological polar surface area (TPSA) is 92.5 Å². The Morgan fingerprint density at radius 1 is 1.25 bits per heavy atom. The molecule has 108 valence electrons. The summed E-state index contributed by atoms with van der Waals surface area (Å²) in [4.78, 5) is 13.6. The van der Waals surface area contributed by atoms with E-state index in [2.05, 4.69) is 5.32 Å². The maximum atomic E-state index is 11.6. The second kappa shape index (κ2) is 4.75. The van der Waals surface area contributed by atoms with Crippen molar-refractivity contribution in [2.75, 3.05) is 34.8 Å². The van der Waals surface area contributed by atoms with E-state index >= 15 is 0 Å². The van der Waals surface area contributed by atoms with Crippen molar-refractivity contribution in [2.24, 2.45) is 5.73 Å². The van der Waals surface area contributed by atoms with Crippen molar-refractivity contribution in [3.05, 3.63) is 23.8 Å². The number of sulfone groups is 1. The van der Waals surface area contributed by atoms with Gasteiger partial charge in [0.2, 0.25) is 5.91 Å². The highest BCUT2D eigenvalue weighted by atomic mass is 32.2. The van der Waals surface area contributed by atoms with E-state index in [1.165, 1.54) is 0 Å². The van der Waals surface area contributed by atoms with Gasteiger partial charge < -0.3 is 16.0 Å². The number of benzene rings is 1. The number of nitrogens with one attached hydrogen (secondary N) is 1. The summed E-state index contributed by atoms with van der Waals surface area (Å²) in [7, 11) is -2.92. The van der Waals surface area contributed by atoms with Gasteiger partial charge >= 0.3 is 0 Å². The normalized spacial score (nSPS) is 24.9. The van der Waals surface area contributed by atoms with Gasteiger partial charge in [0.15, 0.2) is 9.84 Å². The summed E-state index contributed by atoms with van der Waals surface area (Å²) in [5, 5.41) is 2.75. The molecule has 1 atom stereocenters. The molecule has 1 amide bonds. The Balaban J connectivity index is 1.85. The predicted molar refractivity (Wildman–Crippen MR) is 77.5 cm³/mol. The van der Waals surface area contributed by atoms with Crippen molar-refractivity contribution in [3.8, 4) is 0 Å². The van der Waals surface area contributed by atoms with Gasteiger partial charge in [-0.2, -0.15) is 0 Å². The molecule has 3 N–H and O–H groups in total. The van der Waals surface area contributed by atoms with E-state index < -0.39 is 15.9 Å². The zero-order valence-corrected chi connectivity index (χ0v) is 11.8. The van der Waals surface area contributed by atoms with Crippen molar-refractivity contribution in [1.82, 2.24) is 0 Å². The average molecular weight is 295 g/mol. The Hall–Kier alpha value is -1.60. The smallest absolute Gasteiger partial charge is 0.245 e. The molecule has 20 heavy (non-hydrogen) atoms. The molecule has 1 unspecified atom stereocenters. The summed E-state index contributed by atoms with van der Waals surface area (Å²) in [5.41, 5.74) is 8.22. The van der Waals surface area contributed by atoms with E-state index in [1.807, 2.05) is 23.1 Å². The first-order chi connectivity index (χ1) is 9.46. The van der Waals surface area contributed by atoms with Gasteiger partial charge in [0.1, 0.15) is 6.04 Å². The molecule has 1 aromatic carbocycles. The number of hydrogen-bond acceptors (Lipinski definition) is 5. The van der Waals surface area contributed by atoms with Crippen LogP contribution in [0.25, 0.3) is 0 Å². The molecule has 6 nitrogen and oxygen atoms in total. The minimum Gasteiger partial charge on any atom is -0.370 e. The predicted octanol–water partition coefficient (Wildman–Crippen LogP) is 0.263. The molecule has 1 aromatic rings. The van der Waals surface area contributed by atoms with E-state index in [-0.39, 0.29) is 17.4 Å². The molecule has 0 radical (unpaired) electrons. The van der Waals surface area contributed by atoms with E-state index in [4.69, 9.17) is 5.73 Å². The SMILES string of the molecule is NC1C(=O)Nc2cc(N3CCCS(=O)(=O)CC3)ccc21. The summed E-state index contributed by atoms with van der Waals surface area (Å²) in [6.45, 7) is 1.19. The highest BCUT2D eigenvalue weighted by Crippen LogP contribution is 2.33. The highest BCUT2D eigenvalue weighted by Gasteiger charge is 2.28. The van der Waals surface area contributed by atoms with Crippen LogP contribution in [0.3, 0.4) is 0 Å². The Labute approximate surface area is 117 Å². The maximum absolute atomic E-state index is 11.6. The fourth-order valence-corrected chi connectivity index (χ4v) is 3.94. The van der Waals surface area contributed by atoms with Crippen LogP contribution in [0.2, 0.25) is 0 Å². The first kappa shape index (κ1) is 13.4. The number of hydrogen-bond donors (Lipinski definition) is 2. The van der Waals surface area contributed by atoms with Gasteiger partial charge in [-0.3, -0.25) is 4.79 Å². The zero-order valence-electron chi connectivity index (χ0n) is 11.0. The lowest BCUT2D eigenvalue weighted by Crippen LogP contribution is -2.26. The third-order valence-corrected chi connectivity index (χ3v) is 5.55. The van der Waals surface area contributed by atoms with Crippen LogP contribution in [0.4, 0.5) is 11.4 Å². The van der Waals surface area contributed by atoms with Crippen LogP contribution in [0.15, 0.2) is 18.2 Å². The number of nitrogens with two attached hydrogens (primary N) is 1. The Morgan fingerprint density at radius 2 is 2.05 bits per heavy atom. The van der Waals surface area contributed by atoms with E-state index in [1.54, 1.807) is 0 Å². The number of anilines is 2. The lowest BCUT2D eigenvalue weighted by Gasteiger charge is -2.22. The highest BCUT2D eigenvalue weighted by molar-refractivity contribution is 7.91. The third kappa shape index (κ3) is 2.38. The fourth-order valence-electron chi connectivity index (χ4n) is 2.67. The molecule has 2 heterocycles. The average Bonchev–Trinajstić information content (AvgIpc) is 2.57. The molecule has 0 spiro atoms. The van der Waals surface area contributed by atoms with Crippen LogP contribution in [0.5, 0.6) is 0 Å². The van der Waals surface area contributed by atoms with Crippen molar-refractivity contribution < 1.29 is 13.2 Å². The molecule has 0 saturated carbocycles. The lowest BCUT2D eigenvalue weighted by molar-refractivity contribution is -0.116. The molecular formula is C13H17N3O3S. The summed E-state index contributed by atoms with van der Waals surface area (Å²) in [6.07, 6.45) is 0.630. The summed E-state index contributed by atoms with van der Waals surface area (Å²) >= 11 is 0. The number of carbonyl (C=O) groups is 1. The summed E-state index contributed by atoms with van der Waals surface area (Å²) < 4.78 is 23.2. The van der Waals surface area contributed by atoms with Crippen LogP contribution < -0.4 is 16.0 Å². The van der Waals surface area contributed by atoms with Crippen molar-refractivity contribution in [1.29, 1.82) is 0 Å². The molecule has 0 bridgehead atoms. The van der Waals surface area contributed by atoms with Crippen LogP contribution >= 0.6 is 0 Å². The number of rotatable bonds is 1. The largest absolute Gasteiger partial charge is 0.370 e. The van der Waals surface area contributed by atoms with Gasteiger partial charge in [-0.25, -0.2) is 8.42 Å². The number of amides is 1.